The first-order valence-corrected chi connectivity index (χ1v) is 12.8. The molecule has 0 radical (unpaired) electrons. The summed E-state index contributed by atoms with van der Waals surface area (Å²) >= 11 is 0. The molecule has 9 nitrogen and oxygen atoms in total. The highest BCUT2D eigenvalue weighted by Crippen LogP contribution is 2.28. The van der Waals surface area contributed by atoms with Crippen molar-refractivity contribution >= 4 is 17.9 Å². The lowest BCUT2D eigenvalue weighted by Gasteiger charge is -2.38. The van der Waals surface area contributed by atoms with E-state index in [1.165, 1.54) is 17.0 Å². The lowest BCUT2D eigenvalue weighted by molar-refractivity contribution is -0.146. The summed E-state index contributed by atoms with van der Waals surface area (Å²) in [7, 11) is 0. The van der Waals surface area contributed by atoms with Crippen molar-refractivity contribution in [2.45, 2.75) is 97.9 Å². The highest BCUT2D eigenvalue weighted by Gasteiger charge is 2.38. The Hall–Kier alpha value is -2.81. The molecule has 0 heterocycles. The lowest BCUT2D eigenvalue weighted by Crippen LogP contribution is -2.56. The second kappa shape index (κ2) is 14.7. The Balaban J connectivity index is 3.45. The van der Waals surface area contributed by atoms with Crippen LogP contribution in [-0.2, 0) is 14.3 Å². The van der Waals surface area contributed by atoms with Gasteiger partial charge in [0.15, 0.2) is 0 Å². The van der Waals surface area contributed by atoms with Crippen molar-refractivity contribution in [1.82, 2.24) is 15.5 Å². The summed E-state index contributed by atoms with van der Waals surface area (Å²) in [6.07, 6.45) is 2.27. The Morgan fingerprint density at radius 3 is 2.17 bits per heavy atom. The van der Waals surface area contributed by atoms with Gasteiger partial charge in [-0.05, 0) is 70.6 Å². The zero-order valence-electron chi connectivity index (χ0n) is 22.8. The van der Waals surface area contributed by atoms with Gasteiger partial charge in [0.2, 0.25) is 11.8 Å². The summed E-state index contributed by atoms with van der Waals surface area (Å²) in [4.78, 5) is 41.2. The van der Waals surface area contributed by atoms with Crippen molar-refractivity contribution in [1.29, 1.82) is 0 Å². The fourth-order valence-corrected chi connectivity index (χ4v) is 3.71. The van der Waals surface area contributed by atoms with E-state index in [1.54, 1.807) is 32.9 Å². The van der Waals surface area contributed by atoms with Crippen molar-refractivity contribution < 1.29 is 29.3 Å². The average Bonchev–Trinajstić information content (AvgIpc) is 2.78. The maximum Gasteiger partial charge on any atom is 0.408 e. The first-order chi connectivity index (χ1) is 16.8. The maximum atomic E-state index is 13.8. The molecule has 0 saturated heterocycles. The second-order valence-electron chi connectivity index (χ2n) is 10.6. The second-order valence-corrected chi connectivity index (χ2v) is 10.6. The van der Waals surface area contributed by atoms with Crippen LogP contribution in [0.25, 0.3) is 0 Å². The van der Waals surface area contributed by atoms with E-state index in [1.807, 2.05) is 13.8 Å². The number of aromatic hydroxyl groups is 1. The number of hydrogen-bond acceptors (Lipinski definition) is 6. The van der Waals surface area contributed by atoms with Crippen molar-refractivity contribution in [3.05, 3.63) is 29.8 Å². The van der Waals surface area contributed by atoms with E-state index in [2.05, 4.69) is 24.5 Å². The molecular formula is C27H45N3O6. The van der Waals surface area contributed by atoms with E-state index >= 15 is 0 Å². The largest absolute Gasteiger partial charge is 0.508 e. The molecule has 9 heteroatoms. The number of rotatable bonds is 13. The molecule has 3 unspecified atom stereocenters. The number of nitrogens with one attached hydrogen (secondary N) is 2. The molecule has 0 aliphatic rings. The quantitative estimate of drug-likeness (QED) is 0.300. The van der Waals surface area contributed by atoms with Crippen molar-refractivity contribution in [2.24, 2.45) is 5.92 Å². The third-order valence-corrected chi connectivity index (χ3v) is 5.63. The molecule has 0 aliphatic heterocycles. The molecule has 0 aliphatic carbocycles. The van der Waals surface area contributed by atoms with Gasteiger partial charge in [-0.2, -0.15) is 0 Å². The number of carbonyl (C=O) groups excluding carboxylic acids is 3. The Kier molecular flexibility index (Phi) is 12.7. The molecule has 36 heavy (non-hydrogen) atoms. The molecule has 0 aromatic heterocycles. The minimum absolute atomic E-state index is 0.0365. The first-order valence-electron chi connectivity index (χ1n) is 12.8. The van der Waals surface area contributed by atoms with E-state index in [9.17, 15) is 24.6 Å². The van der Waals surface area contributed by atoms with Crippen LogP contribution in [0.4, 0.5) is 4.79 Å². The number of unbranched alkanes of at least 4 members (excludes halogenated alkanes) is 1. The molecule has 1 rings (SSSR count). The smallest absolute Gasteiger partial charge is 0.408 e. The van der Waals surface area contributed by atoms with Crippen LogP contribution in [0.1, 0.15) is 85.8 Å². The molecule has 204 valence electrons. The van der Waals surface area contributed by atoms with E-state index in [4.69, 9.17) is 4.74 Å². The molecular weight excluding hydrogens is 462 g/mol. The average molecular weight is 508 g/mol. The highest BCUT2D eigenvalue weighted by molar-refractivity contribution is 5.92. The summed E-state index contributed by atoms with van der Waals surface area (Å²) in [6.45, 7) is 12.9. The summed E-state index contributed by atoms with van der Waals surface area (Å²) in [5.41, 5.74) is -0.272. The van der Waals surface area contributed by atoms with Gasteiger partial charge < -0.3 is 30.5 Å². The van der Waals surface area contributed by atoms with Crippen molar-refractivity contribution in [3.8, 4) is 5.75 Å². The van der Waals surface area contributed by atoms with Gasteiger partial charge in [-0.3, -0.25) is 9.59 Å². The van der Waals surface area contributed by atoms with E-state index < -0.39 is 36.3 Å². The van der Waals surface area contributed by atoms with Crippen LogP contribution in [0.2, 0.25) is 0 Å². The van der Waals surface area contributed by atoms with Gasteiger partial charge in [0, 0.05) is 12.6 Å². The van der Waals surface area contributed by atoms with Gasteiger partial charge in [0.05, 0.1) is 6.61 Å². The number of hydrogen-bond donors (Lipinski definition) is 4. The number of phenolic OH excluding ortho intramolecular Hbond substituents is 1. The number of aliphatic hydroxyl groups is 1. The fraction of sp³-hybridized carbons (Fsp3) is 0.667. The maximum absolute atomic E-state index is 13.8. The van der Waals surface area contributed by atoms with Gasteiger partial charge in [0.1, 0.15) is 23.4 Å². The molecule has 3 atom stereocenters. The van der Waals surface area contributed by atoms with Crippen LogP contribution >= 0.6 is 0 Å². The Bertz CT molecular complexity index is 835. The molecule has 4 N–H and O–H groups in total. The Morgan fingerprint density at radius 1 is 1.06 bits per heavy atom. The molecule has 0 saturated carbocycles. The van der Waals surface area contributed by atoms with E-state index in [-0.39, 0.29) is 17.7 Å². The molecule has 0 bridgehead atoms. The zero-order valence-corrected chi connectivity index (χ0v) is 22.8. The normalized spacial score (nSPS) is 14.0. The fourth-order valence-electron chi connectivity index (χ4n) is 3.71. The number of carbonyl (C=O) groups is 3. The van der Waals surface area contributed by atoms with Crippen LogP contribution in [0, 0.1) is 5.92 Å². The van der Waals surface area contributed by atoms with Gasteiger partial charge in [-0.15, -0.1) is 0 Å². The number of alkyl carbamates (subject to hydrolysis) is 1. The summed E-state index contributed by atoms with van der Waals surface area (Å²) in [5, 5.41) is 25.2. The number of ether oxygens (including phenoxy) is 1. The summed E-state index contributed by atoms with van der Waals surface area (Å²) in [5.74, 6) is -0.547. The Morgan fingerprint density at radius 2 is 1.67 bits per heavy atom. The number of benzene rings is 1. The standard InChI is InChI=1S/C27H45N3O6/c1-8-9-16-28-24(33)23(20-12-14-21(32)15-13-20)30(19(4)11-10-18(2)3)25(34)22(17-31)29-26(35)36-27(5,6)7/h12-15,18-19,22-23,31-32H,8-11,16-17H2,1-7H3,(H,28,33)(H,29,35). The zero-order chi connectivity index (χ0) is 27.5. The topological polar surface area (TPSA) is 128 Å². The van der Waals surface area contributed by atoms with Crippen LogP contribution in [-0.4, -0.2) is 63.9 Å². The SMILES string of the molecule is CCCCNC(=O)C(c1ccc(O)cc1)N(C(=O)C(CO)NC(=O)OC(C)(C)C)C(C)CCC(C)C. The van der Waals surface area contributed by atoms with E-state index in [0.717, 1.165) is 19.3 Å². The molecule has 1 aromatic carbocycles. The van der Waals surface area contributed by atoms with Crippen LogP contribution in [0.3, 0.4) is 0 Å². The van der Waals surface area contributed by atoms with Gasteiger partial charge in [0.25, 0.3) is 0 Å². The number of amides is 3. The molecule has 0 fully saturated rings. The molecule has 3 amide bonds. The van der Waals surface area contributed by atoms with Crippen LogP contribution in [0.5, 0.6) is 5.75 Å². The first kappa shape index (κ1) is 31.2. The monoisotopic (exact) mass is 507 g/mol. The highest BCUT2D eigenvalue weighted by atomic mass is 16.6. The van der Waals surface area contributed by atoms with E-state index in [0.29, 0.717) is 24.4 Å². The predicted octanol–water partition coefficient (Wildman–Crippen LogP) is 3.89. The predicted molar refractivity (Wildman–Crippen MR) is 139 cm³/mol. The minimum atomic E-state index is -1.30. The number of nitrogens with zero attached hydrogens (tertiary/aromatic N) is 1. The summed E-state index contributed by atoms with van der Waals surface area (Å²) in [6, 6.07) is 3.42. The van der Waals surface area contributed by atoms with Gasteiger partial charge in [-0.25, -0.2) is 4.79 Å². The minimum Gasteiger partial charge on any atom is -0.508 e. The third-order valence-electron chi connectivity index (χ3n) is 5.63. The van der Waals surface area contributed by atoms with Crippen LogP contribution in [0.15, 0.2) is 24.3 Å². The third kappa shape index (κ3) is 10.4. The van der Waals surface area contributed by atoms with Crippen LogP contribution < -0.4 is 10.6 Å². The summed E-state index contributed by atoms with van der Waals surface area (Å²) < 4.78 is 5.27. The van der Waals surface area contributed by atoms with Gasteiger partial charge in [-0.1, -0.05) is 39.3 Å². The molecule has 1 aromatic rings. The number of phenols is 1. The van der Waals surface area contributed by atoms with Gasteiger partial charge >= 0.3 is 6.09 Å². The number of aliphatic hydroxyl groups excluding tert-OH is 1. The Labute approximate surface area is 215 Å². The lowest BCUT2D eigenvalue weighted by atomic mass is 9.97. The van der Waals surface area contributed by atoms with Crippen molar-refractivity contribution in [2.75, 3.05) is 13.2 Å². The van der Waals surface area contributed by atoms with Crippen molar-refractivity contribution in [3.63, 3.8) is 0 Å². The molecule has 0 spiro atoms.